The van der Waals surface area contributed by atoms with Gasteiger partial charge in [0.15, 0.2) is 0 Å². The lowest BCUT2D eigenvalue weighted by atomic mass is 10.2. The Labute approximate surface area is 119 Å². The van der Waals surface area contributed by atoms with E-state index in [0.717, 1.165) is 25.9 Å². The molecule has 0 aromatic heterocycles. The van der Waals surface area contributed by atoms with Crippen molar-refractivity contribution in [3.05, 3.63) is 29.8 Å². The molecule has 5 heteroatoms. The summed E-state index contributed by atoms with van der Waals surface area (Å²) < 4.78 is 0. The smallest absolute Gasteiger partial charge is 0.321 e. The number of likely N-dealkylation sites (tertiary alicyclic amines) is 1. The number of urea groups is 1. The Hall–Kier alpha value is -2.04. The highest BCUT2D eigenvalue weighted by molar-refractivity contribution is 5.96. The van der Waals surface area contributed by atoms with Crippen LogP contribution in [0, 0.1) is 0 Å². The Morgan fingerprint density at radius 1 is 1.10 bits per heavy atom. The molecule has 1 saturated heterocycles. The fourth-order valence-corrected chi connectivity index (χ4v) is 2.36. The second kappa shape index (κ2) is 6.93. The van der Waals surface area contributed by atoms with Crippen molar-refractivity contribution in [3.63, 3.8) is 0 Å². The first kappa shape index (κ1) is 14.4. The second-order valence-electron chi connectivity index (χ2n) is 4.99. The van der Waals surface area contributed by atoms with Crippen molar-refractivity contribution in [1.29, 1.82) is 0 Å². The summed E-state index contributed by atoms with van der Waals surface area (Å²) in [4.78, 5) is 25.6. The van der Waals surface area contributed by atoms with Crippen molar-refractivity contribution in [2.45, 2.75) is 25.7 Å². The van der Waals surface area contributed by atoms with Gasteiger partial charge in [0, 0.05) is 31.4 Å². The molecule has 0 radical (unpaired) electrons. The standard InChI is InChI=1S/C15H21N3O2/c1-16-14(19)12-7-6-8-13(11-12)17-15(20)18-9-4-2-3-5-10-18/h6-8,11H,2-5,9-10H2,1H3,(H,16,19)(H,17,20). The van der Waals surface area contributed by atoms with Crippen LogP contribution in [0.15, 0.2) is 24.3 Å². The van der Waals surface area contributed by atoms with Crippen LogP contribution in [-0.4, -0.2) is 37.0 Å². The van der Waals surface area contributed by atoms with Crippen molar-refractivity contribution in [2.24, 2.45) is 0 Å². The summed E-state index contributed by atoms with van der Waals surface area (Å²) in [7, 11) is 1.59. The minimum atomic E-state index is -0.157. The second-order valence-corrected chi connectivity index (χ2v) is 4.99. The third kappa shape index (κ3) is 3.73. The molecule has 2 rings (SSSR count). The topological polar surface area (TPSA) is 61.4 Å². The fraction of sp³-hybridized carbons (Fsp3) is 0.467. The zero-order chi connectivity index (χ0) is 14.4. The van der Waals surface area contributed by atoms with Gasteiger partial charge in [-0.05, 0) is 31.0 Å². The van der Waals surface area contributed by atoms with E-state index < -0.39 is 0 Å². The van der Waals surface area contributed by atoms with Crippen molar-refractivity contribution in [1.82, 2.24) is 10.2 Å². The van der Waals surface area contributed by atoms with E-state index in [-0.39, 0.29) is 11.9 Å². The van der Waals surface area contributed by atoms with Crippen LogP contribution < -0.4 is 10.6 Å². The Morgan fingerprint density at radius 2 is 1.80 bits per heavy atom. The van der Waals surface area contributed by atoms with Gasteiger partial charge < -0.3 is 15.5 Å². The van der Waals surface area contributed by atoms with Crippen LogP contribution >= 0.6 is 0 Å². The molecule has 20 heavy (non-hydrogen) atoms. The Morgan fingerprint density at radius 3 is 2.45 bits per heavy atom. The van der Waals surface area contributed by atoms with Crippen LogP contribution in [-0.2, 0) is 0 Å². The monoisotopic (exact) mass is 275 g/mol. The van der Waals surface area contributed by atoms with Crippen LogP contribution in [0.2, 0.25) is 0 Å². The summed E-state index contributed by atoms with van der Waals surface area (Å²) in [5.41, 5.74) is 1.20. The van der Waals surface area contributed by atoms with E-state index in [1.54, 1.807) is 31.3 Å². The molecule has 5 nitrogen and oxygen atoms in total. The average molecular weight is 275 g/mol. The van der Waals surface area contributed by atoms with Crippen LogP contribution in [0.5, 0.6) is 0 Å². The van der Waals surface area contributed by atoms with Crippen molar-refractivity contribution in [3.8, 4) is 0 Å². The van der Waals surface area contributed by atoms with Gasteiger partial charge in [0.2, 0.25) is 0 Å². The van der Waals surface area contributed by atoms with E-state index in [9.17, 15) is 9.59 Å². The summed E-state index contributed by atoms with van der Waals surface area (Å²) in [5, 5.41) is 5.44. The zero-order valence-corrected chi connectivity index (χ0v) is 11.8. The molecule has 0 saturated carbocycles. The molecule has 2 N–H and O–H groups in total. The molecule has 0 unspecified atom stereocenters. The lowest BCUT2D eigenvalue weighted by molar-refractivity contribution is 0.0963. The van der Waals surface area contributed by atoms with E-state index in [4.69, 9.17) is 0 Å². The Kier molecular flexibility index (Phi) is 4.98. The Balaban J connectivity index is 2.01. The predicted octanol–water partition coefficient (Wildman–Crippen LogP) is 2.45. The highest BCUT2D eigenvalue weighted by atomic mass is 16.2. The molecule has 0 aliphatic carbocycles. The highest BCUT2D eigenvalue weighted by Crippen LogP contribution is 2.14. The minimum absolute atomic E-state index is 0.0824. The van der Waals surface area contributed by atoms with Gasteiger partial charge in [-0.25, -0.2) is 4.79 Å². The van der Waals surface area contributed by atoms with Gasteiger partial charge in [-0.15, -0.1) is 0 Å². The van der Waals surface area contributed by atoms with Crippen molar-refractivity contribution >= 4 is 17.6 Å². The van der Waals surface area contributed by atoms with Gasteiger partial charge in [-0.3, -0.25) is 4.79 Å². The molecule has 0 bridgehead atoms. The molecule has 1 aliphatic heterocycles. The molecule has 1 aliphatic rings. The lowest BCUT2D eigenvalue weighted by Gasteiger charge is -2.20. The number of carbonyl (C=O) groups excluding carboxylic acids is 2. The van der Waals surface area contributed by atoms with E-state index in [1.165, 1.54) is 12.8 Å². The van der Waals surface area contributed by atoms with Gasteiger partial charge in [0.25, 0.3) is 5.91 Å². The summed E-state index contributed by atoms with van der Waals surface area (Å²) >= 11 is 0. The van der Waals surface area contributed by atoms with Crippen LogP contribution in [0.3, 0.4) is 0 Å². The van der Waals surface area contributed by atoms with Gasteiger partial charge >= 0.3 is 6.03 Å². The van der Waals surface area contributed by atoms with E-state index in [1.807, 2.05) is 4.90 Å². The van der Waals surface area contributed by atoms with Crippen LogP contribution in [0.1, 0.15) is 36.0 Å². The van der Waals surface area contributed by atoms with Gasteiger partial charge in [-0.2, -0.15) is 0 Å². The first-order valence-electron chi connectivity index (χ1n) is 7.09. The normalized spacial score (nSPS) is 15.3. The molecule has 1 fully saturated rings. The Bertz CT molecular complexity index is 480. The SMILES string of the molecule is CNC(=O)c1cccc(NC(=O)N2CCCCCC2)c1. The van der Waals surface area contributed by atoms with E-state index in [0.29, 0.717) is 11.3 Å². The van der Waals surface area contributed by atoms with Crippen molar-refractivity contribution < 1.29 is 9.59 Å². The number of carbonyl (C=O) groups is 2. The van der Waals surface area contributed by atoms with Crippen LogP contribution in [0.25, 0.3) is 0 Å². The highest BCUT2D eigenvalue weighted by Gasteiger charge is 2.15. The average Bonchev–Trinajstić information content (AvgIpc) is 2.76. The number of rotatable bonds is 2. The molecule has 108 valence electrons. The first-order chi connectivity index (χ1) is 9.70. The summed E-state index contributed by atoms with van der Waals surface area (Å²) in [5.74, 6) is -0.157. The first-order valence-corrected chi connectivity index (χ1v) is 7.09. The maximum Gasteiger partial charge on any atom is 0.321 e. The predicted molar refractivity (Wildman–Crippen MR) is 78.9 cm³/mol. The van der Waals surface area contributed by atoms with Gasteiger partial charge in [0.1, 0.15) is 0 Å². The van der Waals surface area contributed by atoms with Gasteiger partial charge in [-0.1, -0.05) is 18.9 Å². The molecule has 1 aromatic rings. The lowest BCUT2D eigenvalue weighted by Crippen LogP contribution is -2.35. The minimum Gasteiger partial charge on any atom is -0.355 e. The summed E-state index contributed by atoms with van der Waals surface area (Å²) in [6.45, 7) is 1.61. The van der Waals surface area contributed by atoms with Gasteiger partial charge in [0.05, 0.1) is 0 Å². The van der Waals surface area contributed by atoms with E-state index >= 15 is 0 Å². The molecular weight excluding hydrogens is 254 g/mol. The van der Waals surface area contributed by atoms with Crippen LogP contribution in [0.4, 0.5) is 10.5 Å². The fourth-order valence-electron chi connectivity index (χ4n) is 2.36. The number of amides is 3. The number of hydrogen-bond donors (Lipinski definition) is 2. The molecule has 3 amide bonds. The number of hydrogen-bond acceptors (Lipinski definition) is 2. The summed E-state index contributed by atoms with van der Waals surface area (Å²) in [6.07, 6.45) is 4.50. The maximum absolute atomic E-state index is 12.2. The number of nitrogens with one attached hydrogen (secondary N) is 2. The molecule has 1 aromatic carbocycles. The van der Waals surface area contributed by atoms with Crippen molar-refractivity contribution in [2.75, 3.05) is 25.5 Å². The number of anilines is 1. The zero-order valence-electron chi connectivity index (χ0n) is 11.8. The quantitative estimate of drug-likeness (QED) is 0.871. The molecule has 1 heterocycles. The number of nitrogens with zero attached hydrogens (tertiary/aromatic N) is 1. The number of benzene rings is 1. The van der Waals surface area contributed by atoms with E-state index in [2.05, 4.69) is 10.6 Å². The summed E-state index contributed by atoms with van der Waals surface area (Å²) in [6, 6.07) is 6.89. The molecule has 0 spiro atoms. The molecular formula is C15H21N3O2. The third-order valence-electron chi connectivity index (χ3n) is 3.50. The largest absolute Gasteiger partial charge is 0.355 e. The maximum atomic E-state index is 12.2. The molecule has 0 atom stereocenters. The third-order valence-corrected chi connectivity index (χ3v) is 3.50.